The molecule has 0 spiro atoms. The number of ketones is 2. The highest BCUT2D eigenvalue weighted by Crippen LogP contribution is 2.31. The lowest BCUT2D eigenvalue weighted by molar-refractivity contribution is -0.180. The Balaban J connectivity index is 1.16. The number of rotatable bonds is 98. The van der Waals surface area contributed by atoms with E-state index >= 15 is 0 Å². The molecule has 8 atom stereocenters. The number of hydrogen-bond donors (Lipinski definition) is 6. The summed E-state index contributed by atoms with van der Waals surface area (Å²) in [4.78, 5) is 122. The SMILES string of the molecule is CNC(=O)CCCC(=O)N[C@H](C(=O)C[C@@H](CCCCNC(=O)CCOCCOCCOCCOCCOCCOCCOCCOCCOCCOCCOCCOCCOCCOCCOCCOCCOCCOCCOCCOCCOCCOCCOCCOC)C(=O)CCc1ccc([C@@H](C)[C@H](O)[C@@H](C)[C@@H]2C/C=C/C(=O)N[C@H](Cc3ccc(C)c(Cl)c3)C(=O)NCC(C)(C)C(=O)O[C@@H](CC(C)C)C(=O)O2)cc1)C(C)C. The lowest BCUT2D eigenvalue weighted by atomic mass is 9.83. The molecule has 0 unspecified atom stereocenters. The molecule has 6 N–H and O–H groups in total. The van der Waals surface area contributed by atoms with Crippen LogP contribution < -0.4 is 26.6 Å². The highest BCUT2D eigenvalue weighted by Gasteiger charge is 2.39. The minimum Gasteiger partial charge on any atom is -0.459 e. The summed E-state index contributed by atoms with van der Waals surface area (Å²) in [6.07, 6.45) is 1.80. The van der Waals surface area contributed by atoms with Crippen molar-refractivity contribution >= 4 is 64.6 Å². The van der Waals surface area contributed by atoms with Crippen molar-refractivity contribution in [2.45, 2.75) is 182 Å². The zero-order chi connectivity index (χ0) is 108. The van der Waals surface area contributed by atoms with Crippen LogP contribution in [-0.4, -0.2) is 426 Å². The standard InChI is InChI=1S/C107H182ClN5O36/c1-83(2)78-97-105(122)148-96(17-14-19-100(118)112-93(80-89-22-21-85(5)92(108)79-89)104(121)111-82-107(8,9)106(123)149-97)87(7)103(120)86(6)90-26-23-88(24-27-90)25-28-94(114)91(81-95(115)102(84(3)4)113-101(119)20-15-18-98(116)109-10)16-12-13-30-110-99(117)29-31-125-34-35-127-38-39-129-42-43-131-46-47-133-50-51-135-54-55-137-58-59-139-62-63-141-66-67-143-70-71-145-74-75-147-77-76-146-73-72-144-69-68-142-65-64-140-61-60-138-57-56-136-53-52-134-49-48-132-45-44-130-41-40-128-37-36-126-33-32-124-11/h14,19,21-24,26-27,79,83-84,86-87,91,93,96-97,102-103,120H,12-13,15-18,20,25,28-78,80-82H2,1-11H3,(H,109,116)(H,110,117)(H,111,121)(H,112,118)(H,113,119)/b19-14+/t86-,87+,91-,93-,96+,97+,102+,103+/m1/s1. The van der Waals surface area contributed by atoms with Gasteiger partial charge in [-0.05, 0) is 99.1 Å². The number of carbonyl (C=O) groups is 9. The van der Waals surface area contributed by atoms with Crippen LogP contribution in [0.25, 0.3) is 0 Å². The third kappa shape index (κ3) is 74.0. The Morgan fingerprint density at radius 1 is 0.463 bits per heavy atom. The first-order valence-electron chi connectivity index (χ1n) is 53.0. The lowest BCUT2D eigenvalue weighted by Crippen LogP contribution is -2.51. The number of aliphatic hydroxyl groups excluding tert-OH is 1. The second-order valence-electron chi connectivity index (χ2n) is 36.8. The molecule has 0 saturated heterocycles. The topological polar surface area (TPSA) is 474 Å². The molecule has 149 heavy (non-hydrogen) atoms. The van der Waals surface area contributed by atoms with Gasteiger partial charge in [0.25, 0.3) is 0 Å². The van der Waals surface area contributed by atoms with E-state index in [1.54, 1.807) is 33.9 Å². The Hall–Kier alpha value is -6.90. The number of aryl methyl sites for hydroxylation is 2. The van der Waals surface area contributed by atoms with Gasteiger partial charge >= 0.3 is 11.9 Å². The van der Waals surface area contributed by atoms with Crippen LogP contribution >= 0.6 is 11.6 Å². The molecule has 1 heterocycles. The highest BCUT2D eigenvalue weighted by atomic mass is 35.5. The Kier molecular flexibility index (Phi) is 84.5. The Morgan fingerprint density at radius 2 is 0.846 bits per heavy atom. The van der Waals surface area contributed by atoms with E-state index in [2.05, 4.69) is 26.6 Å². The second-order valence-corrected chi connectivity index (χ2v) is 37.2. The van der Waals surface area contributed by atoms with Crippen molar-refractivity contribution in [2.24, 2.45) is 29.1 Å². The fourth-order valence-corrected chi connectivity index (χ4v) is 14.5. The van der Waals surface area contributed by atoms with Gasteiger partial charge < -0.3 is 155 Å². The summed E-state index contributed by atoms with van der Waals surface area (Å²) in [6.45, 7) is 37.3. The molecule has 1 aliphatic heterocycles. The maximum absolute atomic E-state index is 14.3. The summed E-state index contributed by atoms with van der Waals surface area (Å²) in [6, 6.07) is 10.9. The molecule has 3 rings (SSSR count). The first-order valence-corrected chi connectivity index (χ1v) is 53.4. The van der Waals surface area contributed by atoms with Crippen LogP contribution in [0.2, 0.25) is 5.02 Å². The summed E-state index contributed by atoms with van der Waals surface area (Å²) in [5, 5.41) is 26.5. The molecule has 41 nitrogen and oxygen atoms in total. The summed E-state index contributed by atoms with van der Waals surface area (Å²) >= 11 is 6.44. The first-order chi connectivity index (χ1) is 72.3. The molecule has 0 fully saturated rings. The molecule has 42 heteroatoms. The molecule has 2 aromatic rings. The van der Waals surface area contributed by atoms with Crippen molar-refractivity contribution in [3.05, 3.63) is 81.9 Å². The van der Waals surface area contributed by atoms with Crippen molar-refractivity contribution in [3.8, 4) is 0 Å². The predicted octanol–water partition coefficient (Wildman–Crippen LogP) is 7.29. The van der Waals surface area contributed by atoms with Gasteiger partial charge in [0.05, 0.1) is 328 Å². The maximum Gasteiger partial charge on any atom is 0.347 e. The molecular weight excluding hydrogens is 1970 g/mol. The van der Waals surface area contributed by atoms with E-state index in [0.717, 1.165) is 16.7 Å². The lowest BCUT2D eigenvalue weighted by Gasteiger charge is -2.33. The second kappa shape index (κ2) is 92.4. The molecule has 5 amide bonds. The Morgan fingerprint density at radius 3 is 1.22 bits per heavy atom. The van der Waals surface area contributed by atoms with Gasteiger partial charge in [0.2, 0.25) is 29.5 Å². The number of methoxy groups -OCH3 is 1. The summed E-state index contributed by atoms with van der Waals surface area (Å²) in [5.41, 5.74) is 1.77. The summed E-state index contributed by atoms with van der Waals surface area (Å²) in [7, 11) is 3.16. The number of carbonyl (C=O) groups excluding carboxylic acids is 9. The summed E-state index contributed by atoms with van der Waals surface area (Å²) in [5.74, 6) is -6.30. The van der Waals surface area contributed by atoms with Crippen LogP contribution in [0.4, 0.5) is 0 Å². The van der Waals surface area contributed by atoms with E-state index in [9.17, 15) is 48.3 Å². The summed E-state index contributed by atoms with van der Waals surface area (Å²) < 4.78 is 144. The number of amides is 5. The number of nitrogens with one attached hydrogen (secondary N) is 5. The van der Waals surface area contributed by atoms with Crippen LogP contribution in [-0.2, 0) is 179 Å². The molecule has 858 valence electrons. The largest absolute Gasteiger partial charge is 0.459 e. The quantitative estimate of drug-likeness (QED) is 0.0279. The third-order valence-corrected chi connectivity index (χ3v) is 23.6. The van der Waals surface area contributed by atoms with Crippen LogP contribution in [0, 0.1) is 36.0 Å². The third-order valence-electron chi connectivity index (χ3n) is 23.2. The number of Topliss-reactive ketones (excluding diaryl/α,β-unsaturated/α-hetero) is 2. The van der Waals surface area contributed by atoms with Gasteiger partial charge in [-0.1, -0.05) is 102 Å². The number of cyclic esters (lactones) is 2. The molecular formula is C107H182ClN5O36. The average Bonchev–Trinajstić information content (AvgIpc) is 0.835. The van der Waals surface area contributed by atoms with Crippen molar-refractivity contribution in [1.29, 1.82) is 0 Å². The van der Waals surface area contributed by atoms with E-state index in [-0.39, 0.29) is 112 Å². The average molecular weight is 2150 g/mol. The van der Waals surface area contributed by atoms with Crippen molar-refractivity contribution in [2.75, 3.05) is 338 Å². The number of halogens is 1. The van der Waals surface area contributed by atoms with E-state index < -0.39 is 77.3 Å². The normalized spacial score (nSPS) is 16.0. The highest BCUT2D eigenvalue weighted by molar-refractivity contribution is 6.31. The molecule has 0 aromatic heterocycles. The van der Waals surface area contributed by atoms with Gasteiger partial charge in [0.15, 0.2) is 11.9 Å². The van der Waals surface area contributed by atoms with Gasteiger partial charge in [-0.25, -0.2) is 4.79 Å². The zero-order valence-electron chi connectivity index (χ0n) is 90.9. The van der Waals surface area contributed by atoms with Gasteiger partial charge in [-0.2, -0.15) is 0 Å². The van der Waals surface area contributed by atoms with Crippen LogP contribution in [0.3, 0.4) is 0 Å². The van der Waals surface area contributed by atoms with Gasteiger partial charge in [-0.15, -0.1) is 0 Å². The fraction of sp³-hybridized carbons (Fsp3) is 0.785. The van der Waals surface area contributed by atoms with Crippen molar-refractivity contribution in [1.82, 2.24) is 26.6 Å². The number of esters is 2. The molecule has 0 bridgehead atoms. The van der Waals surface area contributed by atoms with E-state index in [1.807, 2.05) is 77.9 Å². The van der Waals surface area contributed by atoms with Gasteiger partial charge in [-0.3, -0.25) is 38.4 Å². The van der Waals surface area contributed by atoms with Crippen LogP contribution in [0.15, 0.2) is 54.6 Å². The van der Waals surface area contributed by atoms with Crippen molar-refractivity contribution in [3.63, 3.8) is 0 Å². The van der Waals surface area contributed by atoms with Crippen molar-refractivity contribution < 1.29 is 171 Å². The molecule has 2 aromatic carbocycles. The smallest absolute Gasteiger partial charge is 0.347 e. The van der Waals surface area contributed by atoms with Crippen LogP contribution in [0.1, 0.15) is 154 Å². The fourth-order valence-electron chi connectivity index (χ4n) is 14.3. The van der Waals surface area contributed by atoms with Crippen LogP contribution in [0.5, 0.6) is 0 Å². The monoisotopic (exact) mass is 2150 g/mol. The first kappa shape index (κ1) is 136. The van der Waals surface area contributed by atoms with E-state index in [4.69, 9.17) is 135 Å². The number of unbranched alkanes of at least 4 members (excludes halogenated alkanes) is 1. The molecule has 0 saturated carbocycles. The minimum atomic E-state index is -1.32. The maximum atomic E-state index is 14.3. The Labute approximate surface area is 889 Å². The molecule has 0 aliphatic carbocycles. The molecule has 1 aliphatic rings. The Bertz CT molecular complexity index is 3750. The van der Waals surface area contributed by atoms with Gasteiger partial charge in [0.1, 0.15) is 17.9 Å². The number of aliphatic hydroxyl groups is 1. The number of hydrogen-bond acceptors (Lipinski definition) is 36. The van der Waals surface area contributed by atoms with E-state index in [0.29, 0.717) is 347 Å². The van der Waals surface area contributed by atoms with E-state index in [1.165, 1.54) is 19.2 Å². The number of ether oxygens (including phenoxy) is 26. The zero-order valence-corrected chi connectivity index (χ0v) is 91.7. The minimum absolute atomic E-state index is 0.0336. The molecule has 0 radical (unpaired) electrons. The van der Waals surface area contributed by atoms with Gasteiger partial charge in [0, 0.05) is 95.0 Å². The predicted molar refractivity (Wildman–Crippen MR) is 555 cm³/mol. The number of benzene rings is 2.